The number of nitrogens with one attached hydrogen (secondary N) is 1. The standard InChI is InChI=1S/C16H19NO3S/c1-4-5-8-20-16(19)14-12-9-10(2)6-7-13(12)21-15(14)17-11(3)18/h6-7,9H,4-5,8H2,1-3H3,(H,17,18). The van der Waals surface area contributed by atoms with E-state index >= 15 is 0 Å². The Kier molecular flexibility index (Phi) is 4.96. The first-order chi connectivity index (χ1) is 10.0. The van der Waals surface area contributed by atoms with E-state index in [4.69, 9.17) is 4.74 Å². The Hall–Kier alpha value is -1.88. The van der Waals surface area contributed by atoms with Crippen LogP contribution in [0.15, 0.2) is 18.2 Å². The molecular weight excluding hydrogens is 286 g/mol. The molecule has 21 heavy (non-hydrogen) atoms. The lowest BCUT2D eigenvalue weighted by atomic mass is 10.1. The number of esters is 1. The van der Waals surface area contributed by atoms with Crippen LogP contribution < -0.4 is 5.32 Å². The smallest absolute Gasteiger partial charge is 0.341 e. The second-order valence-corrected chi connectivity index (χ2v) is 6.03. The molecular formula is C16H19NO3S. The summed E-state index contributed by atoms with van der Waals surface area (Å²) in [4.78, 5) is 23.7. The summed E-state index contributed by atoms with van der Waals surface area (Å²) in [6, 6.07) is 5.90. The molecule has 5 heteroatoms. The summed E-state index contributed by atoms with van der Waals surface area (Å²) in [6.45, 7) is 5.85. The second kappa shape index (κ2) is 6.72. The van der Waals surface area contributed by atoms with Crippen molar-refractivity contribution < 1.29 is 14.3 Å². The van der Waals surface area contributed by atoms with Gasteiger partial charge in [0.2, 0.25) is 5.91 Å². The number of amides is 1. The van der Waals surface area contributed by atoms with Gasteiger partial charge in [0, 0.05) is 17.0 Å². The quantitative estimate of drug-likeness (QED) is 0.667. The van der Waals surface area contributed by atoms with Crippen molar-refractivity contribution in [1.29, 1.82) is 0 Å². The van der Waals surface area contributed by atoms with Crippen LogP contribution >= 0.6 is 11.3 Å². The van der Waals surface area contributed by atoms with Gasteiger partial charge in [-0.2, -0.15) is 0 Å². The summed E-state index contributed by atoms with van der Waals surface area (Å²) in [5.74, 6) is -0.565. The normalized spacial score (nSPS) is 10.6. The highest BCUT2D eigenvalue weighted by atomic mass is 32.1. The molecule has 0 atom stereocenters. The van der Waals surface area contributed by atoms with Gasteiger partial charge in [-0.25, -0.2) is 4.79 Å². The van der Waals surface area contributed by atoms with Crippen molar-refractivity contribution in [3.63, 3.8) is 0 Å². The van der Waals surface area contributed by atoms with E-state index in [2.05, 4.69) is 5.32 Å². The number of benzene rings is 1. The third-order valence-electron chi connectivity index (χ3n) is 3.07. The molecule has 0 unspecified atom stereocenters. The molecule has 0 saturated heterocycles. The number of thiophene rings is 1. The third kappa shape index (κ3) is 3.61. The zero-order valence-corrected chi connectivity index (χ0v) is 13.3. The second-order valence-electron chi connectivity index (χ2n) is 4.98. The molecule has 0 radical (unpaired) electrons. The van der Waals surface area contributed by atoms with Crippen LogP contribution in [0.25, 0.3) is 10.1 Å². The van der Waals surface area contributed by atoms with E-state index < -0.39 is 0 Å². The van der Waals surface area contributed by atoms with E-state index in [1.807, 2.05) is 32.0 Å². The number of anilines is 1. The zero-order valence-electron chi connectivity index (χ0n) is 12.5. The van der Waals surface area contributed by atoms with E-state index in [1.165, 1.54) is 18.3 Å². The highest BCUT2D eigenvalue weighted by molar-refractivity contribution is 7.23. The van der Waals surface area contributed by atoms with Gasteiger partial charge in [0.15, 0.2) is 0 Å². The molecule has 112 valence electrons. The number of hydrogen-bond acceptors (Lipinski definition) is 4. The fourth-order valence-corrected chi connectivity index (χ4v) is 3.16. The molecule has 1 aromatic carbocycles. The monoisotopic (exact) mass is 305 g/mol. The average Bonchev–Trinajstić information content (AvgIpc) is 2.75. The van der Waals surface area contributed by atoms with Crippen molar-refractivity contribution >= 4 is 38.3 Å². The molecule has 0 bridgehead atoms. The maximum atomic E-state index is 12.3. The molecule has 0 aliphatic rings. The van der Waals surface area contributed by atoms with Gasteiger partial charge in [-0.1, -0.05) is 25.0 Å². The highest BCUT2D eigenvalue weighted by Crippen LogP contribution is 2.36. The highest BCUT2D eigenvalue weighted by Gasteiger charge is 2.21. The van der Waals surface area contributed by atoms with E-state index in [0.717, 1.165) is 28.5 Å². The number of hydrogen-bond donors (Lipinski definition) is 1. The summed E-state index contributed by atoms with van der Waals surface area (Å²) >= 11 is 1.40. The third-order valence-corrected chi connectivity index (χ3v) is 4.15. The van der Waals surface area contributed by atoms with Gasteiger partial charge in [0.05, 0.1) is 6.61 Å². The van der Waals surface area contributed by atoms with Crippen LogP contribution in [0, 0.1) is 6.92 Å². The summed E-state index contributed by atoms with van der Waals surface area (Å²) in [5.41, 5.74) is 1.53. The predicted molar refractivity (Wildman–Crippen MR) is 86.1 cm³/mol. The fraction of sp³-hybridized carbons (Fsp3) is 0.375. The number of rotatable bonds is 5. The molecule has 2 aromatic rings. The maximum Gasteiger partial charge on any atom is 0.341 e. The molecule has 1 heterocycles. The summed E-state index contributed by atoms with van der Waals surface area (Å²) < 4.78 is 6.28. The average molecular weight is 305 g/mol. The van der Waals surface area contributed by atoms with Crippen LogP contribution in [0.5, 0.6) is 0 Å². The van der Waals surface area contributed by atoms with Gasteiger partial charge in [0.25, 0.3) is 0 Å². The Morgan fingerprint density at radius 1 is 1.33 bits per heavy atom. The van der Waals surface area contributed by atoms with Gasteiger partial charge in [-0.15, -0.1) is 11.3 Å². The van der Waals surface area contributed by atoms with E-state index in [9.17, 15) is 9.59 Å². The Morgan fingerprint density at radius 2 is 2.10 bits per heavy atom. The van der Waals surface area contributed by atoms with E-state index in [1.54, 1.807) is 0 Å². The van der Waals surface area contributed by atoms with Gasteiger partial charge >= 0.3 is 5.97 Å². The summed E-state index contributed by atoms with van der Waals surface area (Å²) in [5, 5.41) is 4.13. The van der Waals surface area contributed by atoms with Crippen molar-refractivity contribution in [3.05, 3.63) is 29.3 Å². The number of ether oxygens (including phenoxy) is 1. The Bertz CT molecular complexity index is 675. The minimum atomic E-state index is -0.371. The van der Waals surface area contributed by atoms with Crippen molar-refractivity contribution in [2.75, 3.05) is 11.9 Å². The molecule has 1 amide bonds. The minimum Gasteiger partial charge on any atom is -0.462 e. The SMILES string of the molecule is CCCCOC(=O)c1c(NC(C)=O)sc2ccc(C)cc12. The molecule has 0 saturated carbocycles. The molecule has 1 aromatic heterocycles. The number of carbonyl (C=O) groups is 2. The number of carbonyl (C=O) groups excluding carboxylic acids is 2. The lowest BCUT2D eigenvalue weighted by Gasteiger charge is -2.06. The first-order valence-corrected chi connectivity index (χ1v) is 7.82. The summed E-state index contributed by atoms with van der Waals surface area (Å²) in [7, 11) is 0. The van der Waals surface area contributed by atoms with Crippen LogP contribution in [0.4, 0.5) is 5.00 Å². The first kappa shape index (κ1) is 15.5. The maximum absolute atomic E-state index is 12.3. The molecule has 0 aliphatic heterocycles. The van der Waals surface area contributed by atoms with Crippen LogP contribution in [0.2, 0.25) is 0 Å². The lowest BCUT2D eigenvalue weighted by Crippen LogP contribution is -2.11. The number of unbranched alkanes of at least 4 members (excludes halogenated alkanes) is 1. The van der Waals surface area contributed by atoms with Gasteiger partial charge in [-0.05, 0) is 25.5 Å². The molecule has 1 N–H and O–H groups in total. The Morgan fingerprint density at radius 3 is 2.76 bits per heavy atom. The van der Waals surface area contributed by atoms with E-state index in [-0.39, 0.29) is 11.9 Å². The molecule has 2 rings (SSSR count). The van der Waals surface area contributed by atoms with Gasteiger partial charge < -0.3 is 10.1 Å². The fourth-order valence-electron chi connectivity index (χ4n) is 2.04. The molecule has 0 aliphatic carbocycles. The van der Waals surface area contributed by atoms with Crippen LogP contribution in [0.3, 0.4) is 0 Å². The lowest BCUT2D eigenvalue weighted by molar-refractivity contribution is -0.114. The summed E-state index contributed by atoms with van der Waals surface area (Å²) in [6.07, 6.45) is 1.80. The predicted octanol–water partition coefficient (Wildman–Crippen LogP) is 4.13. The van der Waals surface area contributed by atoms with Gasteiger partial charge in [0.1, 0.15) is 10.6 Å². The number of fused-ring (bicyclic) bond motifs is 1. The van der Waals surface area contributed by atoms with Crippen molar-refractivity contribution in [2.24, 2.45) is 0 Å². The molecule has 4 nitrogen and oxygen atoms in total. The van der Waals surface area contributed by atoms with Crippen molar-refractivity contribution in [1.82, 2.24) is 0 Å². The van der Waals surface area contributed by atoms with Crippen LogP contribution in [0.1, 0.15) is 42.6 Å². The number of aryl methyl sites for hydroxylation is 1. The molecule has 0 spiro atoms. The topological polar surface area (TPSA) is 55.4 Å². The minimum absolute atomic E-state index is 0.194. The Labute approximate surface area is 128 Å². The molecule has 0 fully saturated rings. The first-order valence-electron chi connectivity index (χ1n) is 7.00. The van der Waals surface area contributed by atoms with Crippen molar-refractivity contribution in [2.45, 2.75) is 33.6 Å². The van der Waals surface area contributed by atoms with Crippen molar-refractivity contribution in [3.8, 4) is 0 Å². The largest absolute Gasteiger partial charge is 0.462 e. The van der Waals surface area contributed by atoms with Gasteiger partial charge in [-0.3, -0.25) is 4.79 Å². The van der Waals surface area contributed by atoms with Crippen LogP contribution in [-0.4, -0.2) is 18.5 Å². The zero-order chi connectivity index (χ0) is 15.4. The van der Waals surface area contributed by atoms with E-state index in [0.29, 0.717) is 17.2 Å². The Balaban J connectivity index is 2.43. The van der Waals surface area contributed by atoms with Crippen LogP contribution in [-0.2, 0) is 9.53 Å².